The Labute approximate surface area is 315 Å². The average Bonchev–Trinajstić information content (AvgIpc) is 3.82. The number of aromatic nitrogens is 2. The number of fused-ring (bicyclic) bond motifs is 3. The maximum Gasteiger partial charge on any atom is 0.145 e. The van der Waals surface area contributed by atoms with Gasteiger partial charge in [0.1, 0.15) is 11.7 Å². The Morgan fingerprint density at radius 2 is 1.00 bits per heavy atom. The molecule has 0 N–H and O–H groups in total. The minimum Gasteiger partial charge on any atom is -0.317 e. The number of aliphatic imine (C=N–C) groups is 1. The SMILES string of the molecule is Cc1c(C)c(-c2ccc(-c3nc4ccccc4n3-c3ccccc3)cc2)c2ccccc2c1-c1ccc(C2=NC3C=CC=CC3N2c2ccccc2)cc1. The van der Waals surface area contributed by atoms with E-state index in [9.17, 15) is 0 Å². The predicted molar refractivity (Wildman–Crippen MR) is 226 cm³/mol. The number of rotatable bonds is 6. The minimum absolute atomic E-state index is 0.102. The minimum atomic E-state index is 0.102. The normalized spacial score (nSPS) is 16.3. The van der Waals surface area contributed by atoms with Crippen LogP contribution in [-0.2, 0) is 0 Å². The molecule has 0 amide bonds. The smallest absolute Gasteiger partial charge is 0.145 e. The van der Waals surface area contributed by atoms with Gasteiger partial charge in [0.15, 0.2) is 0 Å². The van der Waals surface area contributed by atoms with Crippen LogP contribution in [0.4, 0.5) is 5.69 Å². The third-order valence-corrected chi connectivity index (χ3v) is 11.1. The van der Waals surface area contributed by atoms with Gasteiger partial charge in [0.25, 0.3) is 0 Å². The Morgan fingerprint density at radius 1 is 0.481 bits per heavy atom. The highest BCUT2D eigenvalue weighted by Gasteiger charge is 2.35. The van der Waals surface area contributed by atoms with Gasteiger partial charge in [-0.25, -0.2) is 4.98 Å². The fourth-order valence-corrected chi connectivity index (χ4v) is 8.46. The molecular formula is C50H38N4. The van der Waals surface area contributed by atoms with E-state index in [1.807, 2.05) is 0 Å². The summed E-state index contributed by atoms with van der Waals surface area (Å²) in [6.45, 7) is 4.54. The highest BCUT2D eigenvalue weighted by molar-refractivity contribution is 6.13. The fraction of sp³-hybridized carbons (Fsp3) is 0.0800. The molecule has 1 aliphatic carbocycles. The first-order chi connectivity index (χ1) is 26.6. The quantitative estimate of drug-likeness (QED) is 0.174. The Morgan fingerprint density at radius 3 is 1.65 bits per heavy atom. The van der Waals surface area contributed by atoms with E-state index >= 15 is 0 Å². The van der Waals surface area contributed by atoms with E-state index in [0.29, 0.717) is 0 Å². The lowest BCUT2D eigenvalue weighted by atomic mass is 9.84. The zero-order valence-corrected chi connectivity index (χ0v) is 30.3. The van der Waals surface area contributed by atoms with Crippen LogP contribution in [0.1, 0.15) is 16.7 Å². The van der Waals surface area contributed by atoms with Crippen LogP contribution in [0.3, 0.4) is 0 Å². The topological polar surface area (TPSA) is 33.4 Å². The van der Waals surface area contributed by atoms with Crippen molar-refractivity contribution in [3.05, 3.63) is 199 Å². The standard InChI is InChI=1S/C50H38N4/c1-33-34(2)48(36-27-31-38(32-28-36)50-52-44-22-12-14-24-46(44)54(50)40-17-7-4-8-18-40)42-20-10-9-19-41(42)47(33)35-25-29-37(30-26-35)49-51-43-21-11-13-23-45(43)53(49)39-15-5-3-6-16-39/h3-32,43,45H,1-2H3. The van der Waals surface area contributed by atoms with E-state index in [0.717, 1.165) is 45.2 Å². The summed E-state index contributed by atoms with van der Waals surface area (Å²) in [5, 5.41) is 2.51. The van der Waals surface area contributed by atoms with Gasteiger partial charge in [-0.05, 0) is 94.4 Å². The number of hydrogen-bond donors (Lipinski definition) is 0. The number of benzene rings is 7. The van der Waals surface area contributed by atoms with E-state index in [2.05, 4.69) is 205 Å². The molecule has 4 nitrogen and oxygen atoms in total. The summed E-state index contributed by atoms with van der Waals surface area (Å²) in [5.74, 6) is 1.95. The van der Waals surface area contributed by atoms with Crippen LogP contribution in [0.2, 0.25) is 0 Å². The van der Waals surface area contributed by atoms with E-state index in [1.165, 1.54) is 44.2 Å². The second kappa shape index (κ2) is 13.0. The molecule has 258 valence electrons. The molecule has 0 fully saturated rings. The predicted octanol–water partition coefficient (Wildman–Crippen LogP) is 11.9. The van der Waals surface area contributed by atoms with Gasteiger partial charge in [-0.2, -0.15) is 0 Å². The Kier molecular flexibility index (Phi) is 7.69. The molecule has 7 aromatic carbocycles. The average molecular weight is 695 g/mol. The van der Waals surface area contributed by atoms with Crippen molar-refractivity contribution in [2.45, 2.75) is 25.9 Å². The highest BCUT2D eigenvalue weighted by atomic mass is 15.3. The molecule has 2 unspecified atom stereocenters. The molecule has 0 spiro atoms. The number of anilines is 1. The van der Waals surface area contributed by atoms with Crippen molar-refractivity contribution in [3.63, 3.8) is 0 Å². The number of imidazole rings is 1. The van der Waals surface area contributed by atoms with Gasteiger partial charge in [-0.3, -0.25) is 9.56 Å². The van der Waals surface area contributed by atoms with E-state index in [-0.39, 0.29) is 12.1 Å². The largest absolute Gasteiger partial charge is 0.317 e. The zero-order chi connectivity index (χ0) is 36.2. The fourth-order valence-electron chi connectivity index (χ4n) is 8.46. The third kappa shape index (κ3) is 5.21. The van der Waals surface area contributed by atoms with Gasteiger partial charge in [-0.15, -0.1) is 0 Å². The van der Waals surface area contributed by atoms with Crippen LogP contribution in [-0.4, -0.2) is 27.5 Å². The Bertz CT molecular complexity index is 2770. The van der Waals surface area contributed by atoms with E-state index in [4.69, 9.17) is 9.98 Å². The van der Waals surface area contributed by atoms with Crippen LogP contribution in [0.15, 0.2) is 187 Å². The number of hydrogen-bond acceptors (Lipinski definition) is 3. The summed E-state index contributed by atoms with van der Waals surface area (Å²) in [6, 6.07) is 56.6. The van der Waals surface area contributed by atoms with Crippen molar-refractivity contribution < 1.29 is 0 Å². The zero-order valence-electron chi connectivity index (χ0n) is 30.3. The van der Waals surface area contributed by atoms with Crippen molar-refractivity contribution in [3.8, 4) is 39.3 Å². The van der Waals surface area contributed by atoms with E-state index in [1.54, 1.807) is 0 Å². The first-order valence-corrected chi connectivity index (χ1v) is 18.7. The van der Waals surface area contributed by atoms with Gasteiger partial charge in [0.05, 0.1) is 23.1 Å². The molecule has 2 heterocycles. The van der Waals surface area contributed by atoms with Gasteiger partial charge in [0, 0.05) is 22.5 Å². The second-order valence-corrected chi connectivity index (χ2v) is 14.2. The summed E-state index contributed by atoms with van der Waals surface area (Å²) in [5.41, 5.74) is 14.1. The van der Waals surface area contributed by atoms with Crippen molar-refractivity contribution in [1.29, 1.82) is 0 Å². The summed E-state index contributed by atoms with van der Waals surface area (Å²) >= 11 is 0. The second-order valence-electron chi connectivity index (χ2n) is 14.2. The third-order valence-electron chi connectivity index (χ3n) is 11.1. The molecular weight excluding hydrogens is 657 g/mol. The van der Waals surface area contributed by atoms with Gasteiger partial charge in [0.2, 0.25) is 0 Å². The number of amidine groups is 1. The molecule has 8 aromatic rings. The van der Waals surface area contributed by atoms with Crippen LogP contribution in [0.25, 0.3) is 61.1 Å². The first kappa shape index (κ1) is 31.9. The molecule has 0 bridgehead atoms. The van der Waals surface area contributed by atoms with Gasteiger partial charge in [-0.1, -0.05) is 146 Å². The molecule has 1 aromatic heterocycles. The van der Waals surface area contributed by atoms with E-state index < -0.39 is 0 Å². The Balaban J connectivity index is 1.03. The molecule has 2 aliphatic rings. The summed E-state index contributed by atoms with van der Waals surface area (Å²) in [4.78, 5) is 12.7. The lowest BCUT2D eigenvalue weighted by Crippen LogP contribution is -2.39. The molecule has 4 heteroatoms. The summed E-state index contributed by atoms with van der Waals surface area (Å²) in [7, 11) is 0. The van der Waals surface area contributed by atoms with Crippen molar-refractivity contribution in [2.24, 2.45) is 4.99 Å². The highest BCUT2D eigenvalue weighted by Crippen LogP contribution is 2.42. The molecule has 2 atom stereocenters. The number of para-hydroxylation sites is 4. The van der Waals surface area contributed by atoms with Crippen LogP contribution in [0.5, 0.6) is 0 Å². The molecule has 0 radical (unpaired) electrons. The van der Waals surface area contributed by atoms with Gasteiger partial charge < -0.3 is 4.90 Å². The number of allylic oxidation sites excluding steroid dienone is 2. The number of nitrogens with zero attached hydrogens (tertiary/aromatic N) is 4. The first-order valence-electron chi connectivity index (χ1n) is 18.7. The van der Waals surface area contributed by atoms with Crippen molar-refractivity contribution >= 4 is 33.3 Å². The lowest BCUT2D eigenvalue weighted by Gasteiger charge is -2.29. The van der Waals surface area contributed by atoms with Crippen LogP contribution >= 0.6 is 0 Å². The summed E-state index contributed by atoms with van der Waals surface area (Å²) in [6.07, 6.45) is 8.71. The maximum absolute atomic E-state index is 5.22. The summed E-state index contributed by atoms with van der Waals surface area (Å²) < 4.78 is 2.26. The molecule has 1 aliphatic heterocycles. The molecule has 0 saturated carbocycles. The molecule has 54 heavy (non-hydrogen) atoms. The monoisotopic (exact) mass is 694 g/mol. The Hall–Kier alpha value is -6.78. The van der Waals surface area contributed by atoms with Crippen molar-refractivity contribution in [2.75, 3.05) is 4.90 Å². The van der Waals surface area contributed by atoms with Crippen LogP contribution in [0, 0.1) is 13.8 Å². The lowest BCUT2D eigenvalue weighted by molar-refractivity contribution is 0.739. The molecule has 10 rings (SSSR count). The van der Waals surface area contributed by atoms with Crippen LogP contribution < -0.4 is 4.90 Å². The van der Waals surface area contributed by atoms with Gasteiger partial charge >= 0.3 is 0 Å². The molecule has 0 saturated heterocycles. The maximum atomic E-state index is 5.22. The van der Waals surface area contributed by atoms with Crippen molar-refractivity contribution in [1.82, 2.24) is 9.55 Å².